The molecule has 8 heteroatoms. The first kappa shape index (κ1) is 16.9. The number of carboxylic acids is 1. The summed E-state index contributed by atoms with van der Waals surface area (Å²) in [6, 6.07) is 3.37. The number of ether oxygens (including phenoxy) is 1. The molecule has 1 aromatic rings. The van der Waals surface area contributed by atoms with E-state index in [2.05, 4.69) is 4.72 Å². The van der Waals surface area contributed by atoms with Crippen molar-refractivity contribution in [2.75, 3.05) is 19.8 Å². The number of carbonyl (C=O) groups excluding carboxylic acids is 1. The lowest BCUT2D eigenvalue weighted by Gasteiger charge is -2.10. The minimum absolute atomic E-state index is 0.0488. The zero-order valence-corrected chi connectivity index (χ0v) is 12.5. The van der Waals surface area contributed by atoms with Crippen LogP contribution < -0.4 is 9.83 Å². The van der Waals surface area contributed by atoms with Gasteiger partial charge in [-0.1, -0.05) is 17.7 Å². The number of benzene rings is 1. The van der Waals surface area contributed by atoms with Crippen LogP contribution in [0.2, 0.25) is 5.02 Å². The number of carboxylic acid groups (broad SMARTS) is 1. The third kappa shape index (κ3) is 4.75. The molecule has 112 valence electrons. The van der Waals surface area contributed by atoms with Gasteiger partial charge in [0, 0.05) is 19.8 Å². The van der Waals surface area contributed by atoms with Crippen molar-refractivity contribution in [2.45, 2.75) is 18.2 Å². The number of sulfonamides is 1. The van der Waals surface area contributed by atoms with Crippen molar-refractivity contribution >= 4 is 27.6 Å². The molecule has 0 aliphatic rings. The standard InChI is InChI=1S/C12H16ClNO5S/c1-2-19-7-3-6-14-20(17,18)11-8-9(12(15)16)4-5-10(11)13/h4-5,8,14H,2-3,6-7H2,1H3,(H,15,16)/p-1. The molecule has 0 heterocycles. The molecule has 0 aliphatic carbocycles. The molecule has 0 bridgehead atoms. The van der Waals surface area contributed by atoms with Gasteiger partial charge in [0.1, 0.15) is 4.90 Å². The maximum absolute atomic E-state index is 12.0. The van der Waals surface area contributed by atoms with Crippen LogP contribution >= 0.6 is 11.6 Å². The van der Waals surface area contributed by atoms with Gasteiger partial charge in [0.05, 0.1) is 11.0 Å². The molecule has 6 nitrogen and oxygen atoms in total. The monoisotopic (exact) mass is 320 g/mol. The summed E-state index contributed by atoms with van der Waals surface area (Å²) in [7, 11) is -3.86. The van der Waals surface area contributed by atoms with Gasteiger partial charge in [0.2, 0.25) is 10.0 Å². The maximum Gasteiger partial charge on any atom is 0.242 e. The Balaban J connectivity index is 2.81. The highest BCUT2D eigenvalue weighted by Crippen LogP contribution is 2.22. The zero-order chi connectivity index (χ0) is 15.2. The highest BCUT2D eigenvalue weighted by atomic mass is 35.5. The van der Waals surface area contributed by atoms with E-state index in [1.807, 2.05) is 6.92 Å². The van der Waals surface area contributed by atoms with Crippen molar-refractivity contribution in [3.05, 3.63) is 28.8 Å². The summed E-state index contributed by atoms with van der Waals surface area (Å²) in [6.07, 6.45) is 0.505. The van der Waals surface area contributed by atoms with Crippen molar-refractivity contribution in [1.29, 1.82) is 0 Å². The molecular formula is C12H15ClNO5S-. The Labute approximate surface area is 122 Å². The van der Waals surface area contributed by atoms with E-state index >= 15 is 0 Å². The van der Waals surface area contributed by atoms with Crippen LogP contribution in [0.5, 0.6) is 0 Å². The normalized spacial score (nSPS) is 11.5. The first-order valence-corrected chi connectivity index (χ1v) is 7.83. The van der Waals surface area contributed by atoms with Gasteiger partial charge in [0.15, 0.2) is 0 Å². The van der Waals surface area contributed by atoms with E-state index in [-0.39, 0.29) is 22.0 Å². The maximum atomic E-state index is 12.0. The van der Waals surface area contributed by atoms with Crippen molar-refractivity contribution < 1.29 is 23.1 Å². The van der Waals surface area contributed by atoms with E-state index < -0.39 is 16.0 Å². The van der Waals surface area contributed by atoms with Crippen molar-refractivity contribution in [2.24, 2.45) is 0 Å². The summed E-state index contributed by atoms with van der Waals surface area (Å²) in [5, 5.41) is 10.7. The largest absolute Gasteiger partial charge is 0.545 e. The van der Waals surface area contributed by atoms with Crippen molar-refractivity contribution in [3.8, 4) is 0 Å². The van der Waals surface area contributed by atoms with Gasteiger partial charge in [-0.15, -0.1) is 0 Å². The molecule has 0 radical (unpaired) electrons. The van der Waals surface area contributed by atoms with Gasteiger partial charge in [0.25, 0.3) is 0 Å². The molecular weight excluding hydrogens is 306 g/mol. The highest BCUT2D eigenvalue weighted by Gasteiger charge is 2.18. The fourth-order valence-corrected chi connectivity index (χ4v) is 3.04. The van der Waals surface area contributed by atoms with Gasteiger partial charge in [-0.25, -0.2) is 13.1 Å². The third-order valence-corrected chi connectivity index (χ3v) is 4.36. The minimum atomic E-state index is -3.86. The SMILES string of the molecule is CCOCCCNS(=O)(=O)c1cc(C(=O)[O-])ccc1Cl. The third-order valence-electron chi connectivity index (χ3n) is 2.42. The Bertz CT molecular complexity index is 573. The molecule has 0 atom stereocenters. The summed E-state index contributed by atoms with van der Waals surface area (Å²) in [5.41, 5.74) is -0.246. The second-order valence-corrected chi connectivity index (χ2v) is 6.02. The highest BCUT2D eigenvalue weighted by molar-refractivity contribution is 7.89. The molecule has 20 heavy (non-hydrogen) atoms. The predicted octanol–water partition coefficient (Wildman–Crippen LogP) is 0.408. The van der Waals surface area contributed by atoms with Gasteiger partial charge in [-0.05, 0) is 31.0 Å². The molecule has 0 saturated carbocycles. The Kier molecular flexibility index (Phi) is 6.41. The second kappa shape index (κ2) is 7.58. The van der Waals surface area contributed by atoms with E-state index in [0.29, 0.717) is 19.6 Å². The number of rotatable bonds is 8. The number of carbonyl (C=O) groups is 1. The van der Waals surface area contributed by atoms with E-state index in [4.69, 9.17) is 16.3 Å². The van der Waals surface area contributed by atoms with Crippen molar-refractivity contribution in [1.82, 2.24) is 4.72 Å². The molecule has 0 aliphatic heterocycles. The molecule has 1 N–H and O–H groups in total. The van der Waals surface area contributed by atoms with Gasteiger partial charge in [-0.2, -0.15) is 0 Å². The van der Waals surface area contributed by atoms with Crippen LogP contribution in [-0.2, 0) is 14.8 Å². The van der Waals surface area contributed by atoms with Crippen LogP contribution in [0.1, 0.15) is 23.7 Å². The van der Waals surface area contributed by atoms with Gasteiger partial charge in [-0.3, -0.25) is 0 Å². The van der Waals surface area contributed by atoms with E-state index in [0.717, 1.165) is 6.07 Å². The first-order valence-electron chi connectivity index (χ1n) is 5.96. The van der Waals surface area contributed by atoms with E-state index in [1.165, 1.54) is 12.1 Å². The predicted molar refractivity (Wildman–Crippen MR) is 72.1 cm³/mol. The summed E-state index contributed by atoms with van der Waals surface area (Å²) in [4.78, 5) is 10.5. The number of hydrogen-bond acceptors (Lipinski definition) is 5. The van der Waals surface area contributed by atoms with Crippen LogP contribution in [0.3, 0.4) is 0 Å². The van der Waals surface area contributed by atoms with E-state index in [1.54, 1.807) is 0 Å². The molecule has 0 unspecified atom stereocenters. The van der Waals surface area contributed by atoms with Gasteiger partial charge < -0.3 is 14.6 Å². The average molecular weight is 321 g/mol. The van der Waals surface area contributed by atoms with E-state index in [9.17, 15) is 18.3 Å². The Hall–Kier alpha value is -1.15. The number of halogens is 1. The molecule has 1 aromatic carbocycles. The van der Waals surface area contributed by atoms with Crippen LogP contribution in [0.15, 0.2) is 23.1 Å². The number of nitrogens with one attached hydrogen (secondary N) is 1. The lowest BCUT2D eigenvalue weighted by molar-refractivity contribution is -0.255. The Morgan fingerprint density at radius 1 is 1.45 bits per heavy atom. The number of aromatic carboxylic acids is 1. The lowest BCUT2D eigenvalue weighted by Crippen LogP contribution is -2.27. The van der Waals surface area contributed by atoms with Crippen molar-refractivity contribution in [3.63, 3.8) is 0 Å². The molecule has 0 saturated heterocycles. The molecule has 0 aromatic heterocycles. The first-order chi connectivity index (χ1) is 9.38. The summed E-state index contributed by atoms with van der Waals surface area (Å²) in [5.74, 6) is -1.46. The minimum Gasteiger partial charge on any atom is -0.545 e. The Morgan fingerprint density at radius 2 is 2.15 bits per heavy atom. The summed E-state index contributed by atoms with van der Waals surface area (Å²) < 4.78 is 31.4. The van der Waals surface area contributed by atoms with Crippen LogP contribution in [0, 0.1) is 0 Å². The second-order valence-electron chi connectivity index (χ2n) is 3.88. The van der Waals surface area contributed by atoms with Gasteiger partial charge >= 0.3 is 0 Å². The summed E-state index contributed by atoms with van der Waals surface area (Å²) >= 11 is 5.79. The smallest absolute Gasteiger partial charge is 0.242 e. The molecule has 0 amide bonds. The van der Waals surface area contributed by atoms with Crippen LogP contribution in [-0.4, -0.2) is 34.1 Å². The topological polar surface area (TPSA) is 95.5 Å². The number of hydrogen-bond donors (Lipinski definition) is 1. The molecule has 1 rings (SSSR count). The fourth-order valence-electron chi connectivity index (χ4n) is 1.44. The van der Waals surface area contributed by atoms with Crippen LogP contribution in [0.25, 0.3) is 0 Å². The average Bonchev–Trinajstić information content (AvgIpc) is 2.38. The molecule has 0 fully saturated rings. The molecule has 0 spiro atoms. The zero-order valence-electron chi connectivity index (χ0n) is 10.9. The Morgan fingerprint density at radius 3 is 2.75 bits per heavy atom. The quantitative estimate of drug-likeness (QED) is 0.700. The van der Waals surface area contributed by atoms with Crippen LogP contribution in [0.4, 0.5) is 0 Å². The lowest BCUT2D eigenvalue weighted by atomic mass is 10.2. The summed E-state index contributed by atoms with van der Waals surface area (Å²) in [6.45, 7) is 3.02. The fraction of sp³-hybridized carbons (Fsp3) is 0.417.